The fourth-order valence-corrected chi connectivity index (χ4v) is 0.429. The SMILES string of the molecule is C[C@@H]1COC(=[OH+])O1. The van der Waals surface area contributed by atoms with Gasteiger partial charge >= 0.3 is 6.16 Å². The van der Waals surface area contributed by atoms with Crippen molar-refractivity contribution in [1.82, 2.24) is 0 Å². The Morgan fingerprint density at radius 1 is 1.86 bits per heavy atom. The molecule has 1 aliphatic heterocycles. The largest absolute Gasteiger partial charge is 0.713 e. The highest BCUT2D eigenvalue weighted by Crippen LogP contribution is 2.01. The summed E-state index contributed by atoms with van der Waals surface area (Å²) in [5.41, 5.74) is 0. The number of cyclic esters (lactones) is 2. The van der Waals surface area contributed by atoms with Crippen LogP contribution in [0.25, 0.3) is 0 Å². The molecule has 0 aromatic heterocycles. The highest BCUT2D eigenvalue weighted by Gasteiger charge is 2.30. The predicted octanol–water partition coefficient (Wildman–Crippen LogP) is -0.118. The normalized spacial score (nSPS) is 29.3. The van der Waals surface area contributed by atoms with Crippen molar-refractivity contribution < 1.29 is 14.3 Å². The van der Waals surface area contributed by atoms with Crippen LogP contribution in [0.3, 0.4) is 0 Å². The van der Waals surface area contributed by atoms with Crippen molar-refractivity contribution in [2.45, 2.75) is 13.0 Å². The third kappa shape index (κ3) is 0.824. The number of carbonyl (C=O) groups excluding carboxylic acids is 1. The Labute approximate surface area is 41.2 Å². The molecule has 1 fully saturated rings. The van der Waals surface area contributed by atoms with Gasteiger partial charge in [0.15, 0.2) is 0 Å². The Bertz CT molecular complexity index is 88.9. The number of hydrogen-bond acceptors (Lipinski definition) is 2. The molecule has 0 unspecified atom stereocenters. The fourth-order valence-electron chi connectivity index (χ4n) is 0.429. The van der Waals surface area contributed by atoms with Crippen molar-refractivity contribution in [1.29, 1.82) is 0 Å². The quantitative estimate of drug-likeness (QED) is 0.317. The molecule has 40 valence electrons. The minimum absolute atomic E-state index is 0.0139. The summed E-state index contributed by atoms with van der Waals surface area (Å²) in [5, 5.41) is 0. The first-order valence-corrected chi connectivity index (χ1v) is 2.14. The second-order valence-electron chi connectivity index (χ2n) is 1.51. The van der Waals surface area contributed by atoms with E-state index in [9.17, 15) is 0 Å². The molecule has 0 saturated carbocycles. The van der Waals surface area contributed by atoms with Gasteiger partial charge in [-0.1, -0.05) is 0 Å². The summed E-state index contributed by atoms with van der Waals surface area (Å²) in [6, 6.07) is 0. The Hall–Kier alpha value is -0.730. The molecular formula is C4H7O3+. The van der Waals surface area contributed by atoms with Gasteiger partial charge in [-0.25, -0.2) is 0 Å². The molecule has 1 atom stereocenters. The molecule has 1 heterocycles. The standard InChI is InChI=1S/C4H6O3/c1-3-2-6-4(5)7-3/h3H,2H2,1H3/p+1/t3-/m1/s1. The highest BCUT2D eigenvalue weighted by molar-refractivity contribution is 5.62. The van der Waals surface area contributed by atoms with Crippen LogP contribution >= 0.6 is 0 Å². The van der Waals surface area contributed by atoms with Crippen molar-refractivity contribution in [3.05, 3.63) is 0 Å². The smallest absolute Gasteiger partial charge is 0.336 e. The summed E-state index contributed by atoms with van der Waals surface area (Å²) < 4.78 is 9.13. The molecule has 1 saturated heterocycles. The lowest BCUT2D eigenvalue weighted by molar-refractivity contribution is 0.230. The summed E-state index contributed by atoms with van der Waals surface area (Å²) in [6.07, 6.45) is -0.285. The molecule has 0 amide bonds. The summed E-state index contributed by atoms with van der Waals surface area (Å²) in [7, 11) is 0. The van der Waals surface area contributed by atoms with E-state index in [1.165, 1.54) is 0 Å². The van der Waals surface area contributed by atoms with Gasteiger partial charge in [0.1, 0.15) is 0 Å². The van der Waals surface area contributed by atoms with E-state index in [0.29, 0.717) is 6.61 Å². The van der Waals surface area contributed by atoms with Gasteiger partial charge in [0.2, 0.25) is 12.7 Å². The van der Waals surface area contributed by atoms with Gasteiger partial charge in [-0.2, -0.15) is 0 Å². The molecular weight excluding hydrogens is 96.0 g/mol. The van der Waals surface area contributed by atoms with Crippen LogP contribution in [0, 0.1) is 0 Å². The Morgan fingerprint density at radius 2 is 2.57 bits per heavy atom. The maximum Gasteiger partial charge on any atom is 0.713 e. The van der Waals surface area contributed by atoms with Gasteiger partial charge in [-0.15, -0.1) is 0 Å². The topological polar surface area (TPSA) is 39.9 Å². The number of hydrogen-bond donors (Lipinski definition) is 0. The number of rotatable bonds is 0. The van der Waals surface area contributed by atoms with Crippen LogP contribution < -0.4 is 0 Å². The monoisotopic (exact) mass is 103 g/mol. The first-order chi connectivity index (χ1) is 3.29. The average molecular weight is 103 g/mol. The molecule has 1 aliphatic rings. The fraction of sp³-hybridized carbons (Fsp3) is 0.750. The van der Waals surface area contributed by atoms with Crippen molar-refractivity contribution in [2.75, 3.05) is 6.61 Å². The van der Waals surface area contributed by atoms with Gasteiger partial charge in [-0.05, 0) is 6.92 Å². The lowest BCUT2D eigenvalue weighted by Gasteiger charge is -1.81. The van der Waals surface area contributed by atoms with E-state index >= 15 is 0 Å². The van der Waals surface area contributed by atoms with Crippen LogP contribution in [-0.2, 0) is 9.47 Å². The van der Waals surface area contributed by atoms with Crippen LogP contribution in [0.15, 0.2) is 0 Å². The number of ether oxygens (including phenoxy) is 2. The van der Waals surface area contributed by atoms with Crippen molar-refractivity contribution >= 4 is 6.16 Å². The van der Waals surface area contributed by atoms with E-state index in [4.69, 9.17) is 4.79 Å². The van der Waals surface area contributed by atoms with E-state index in [0.717, 1.165) is 0 Å². The molecule has 7 heavy (non-hydrogen) atoms. The average Bonchev–Trinajstić information content (AvgIpc) is 1.87. The third-order valence-corrected chi connectivity index (χ3v) is 0.744. The molecule has 0 radical (unpaired) electrons. The van der Waals surface area contributed by atoms with Crippen molar-refractivity contribution in [2.24, 2.45) is 0 Å². The second-order valence-corrected chi connectivity index (χ2v) is 1.51. The zero-order valence-corrected chi connectivity index (χ0v) is 4.05. The van der Waals surface area contributed by atoms with Crippen molar-refractivity contribution in [3.63, 3.8) is 0 Å². The Balaban J connectivity index is 2.40. The second kappa shape index (κ2) is 1.40. The van der Waals surface area contributed by atoms with E-state index in [2.05, 4.69) is 9.47 Å². The third-order valence-electron chi connectivity index (χ3n) is 0.744. The highest BCUT2D eigenvalue weighted by atomic mass is 16.8. The first kappa shape index (κ1) is 4.43. The minimum Gasteiger partial charge on any atom is -0.336 e. The maximum atomic E-state index is 8.37. The first-order valence-electron chi connectivity index (χ1n) is 2.14. The molecule has 0 aromatic carbocycles. The van der Waals surface area contributed by atoms with Gasteiger partial charge in [-0.3, -0.25) is 0 Å². The lowest BCUT2D eigenvalue weighted by atomic mass is 10.5. The zero-order valence-electron chi connectivity index (χ0n) is 4.05. The van der Waals surface area contributed by atoms with Gasteiger partial charge in [0.05, 0.1) is 0 Å². The van der Waals surface area contributed by atoms with Crippen LogP contribution in [-0.4, -0.2) is 23.7 Å². The van der Waals surface area contributed by atoms with E-state index in [-0.39, 0.29) is 12.3 Å². The molecule has 1 rings (SSSR count). The van der Waals surface area contributed by atoms with Crippen LogP contribution in [0.5, 0.6) is 0 Å². The van der Waals surface area contributed by atoms with Gasteiger partial charge in [0, 0.05) is 0 Å². The van der Waals surface area contributed by atoms with Crippen LogP contribution in [0.4, 0.5) is 0 Å². The molecule has 1 N–H and O–H groups in total. The Kier molecular flexibility index (Phi) is 0.889. The molecule has 3 nitrogen and oxygen atoms in total. The van der Waals surface area contributed by atoms with Gasteiger partial charge in [0.25, 0.3) is 0 Å². The summed E-state index contributed by atoms with van der Waals surface area (Å²) in [6.45, 7) is 2.29. The molecule has 3 heteroatoms. The molecule has 0 aromatic rings. The molecule has 0 bridgehead atoms. The van der Waals surface area contributed by atoms with Gasteiger partial charge < -0.3 is 14.3 Å². The molecule has 0 aliphatic carbocycles. The lowest BCUT2D eigenvalue weighted by Crippen LogP contribution is -2.01. The van der Waals surface area contributed by atoms with E-state index < -0.39 is 0 Å². The summed E-state index contributed by atoms with van der Waals surface area (Å²) >= 11 is 0. The van der Waals surface area contributed by atoms with Crippen LogP contribution in [0.2, 0.25) is 0 Å². The van der Waals surface area contributed by atoms with E-state index in [1.54, 1.807) is 0 Å². The van der Waals surface area contributed by atoms with Crippen molar-refractivity contribution in [3.8, 4) is 0 Å². The summed E-state index contributed by atoms with van der Waals surface area (Å²) in [4.78, 5) is 8.37. The van der Waals surface area contributed by atoms with Crippen LogP contribution in [0.1, 0.15) is 6.92 Å². The Morgan fingerprint density at radius 3 is 2.71 bits per heavy atom. The maximum absolute atomic E-state index is 8.37. The van der Waals surface area contributed by atoms with E-state index in [1.807, 2.05) is 6.92 Å². The predicted molar refractivity (Wildman–Crippen MR) is 23.4 cm³/mol. The molecule has 0 spiro atoms. The zero-order chi connectivity index (χ0) is 5.28. The summed E-state index contributed by atoms with van der Waals surface area (Å²) in [5.74, 6) is 0. The minimum atomic E-state index is -0.299.